The second kappa shape index (κ2) is 10.5. The lowest BCUT2D eigenvalue weighted by atomic mass is 10.0. The Morgan fingerprint density at radius 3 is 2.59 bits per heavy atom. The van der Waals surface area contributed by atoms with E-state index in [2.05, 4.69) is 24.5 Å². The topological polar surface area (TPSA) is 61.4 Å². The van der Waals surface area contributed by atoms with E-state index in [1.54, 1.807) is 0 Å². The van der Waals surface area contributed by atoms with Gasteiger partial charge in [0.1, 0.15) is 0 Å². The smallest absolute Gasteiger partial charge is 0.317 e. The molecule has 1 heterocycles. The van der Waals surface area contributed by atoms with Crippen LogP contribution in [0.15, 0.2) is 0 Å². The van der Waals surface area contributed by atoms with Crippen LogP contribution >= 0.6 is 0 Å². The van der Waals surface area contributed by atoms with E-state index in [0.29, 0.717) is 6.54 Å². The third-order valence-electron chi connectivity index (χ3n) is 4.10. The summed E-state index contributed by atoms with van der Waals surface area (Å²) in [5, 5.41) is 5.91. The van der Waals surface area contributed by atoms with Gasteiger partial charge in [0.15, 0.2) is 0 Å². The van der Waals surface area contributed by atoms with Gasteiger partial charge in [-0.2, -0.15) is 0 Å². The minimum absolute atomic E-state index is 0.0113. The number of hydrogen-bond donors (Lipinski definition) is 2. The third kappa shape index (κ3) is 8.25. The standard InChI is InChI=1S/C17H33N3O2/c1-14(2)9-6-4-5-7-11-18-17(22)20-12-8-10-16(13-20)19-15(3)21/h14,16H,4-13H2,1-3H3,(H,18,22)(H,19,21). The van der Waals surface area contributed by atoms with Gasteiger partial charge in [0, 0.05) is 32.6 Å². The number of urea groups is 1. The molecular weight excluding hydrogens is 278 g/mol. The van der Waals surface area contributed by atoms with Crippen molar-refractivity contribution in [1.82, 2.24) is 15.5 Å². The molecule has 0 spiro atoms. The van der Waals surface area contributed by atoms with Crippen LogP contribution in [0, 0.1) is 5.92 Å². The van der Waals surface area contributed by atoms with E-state index >= 15 is 0 Å². The van der Waals surface area contributed by atoms with Crippen molar-refractivity contribution in [3.8, 4) is 0 Å². The number of nitrogens with one attached hydrogen (secondary N) is 2. The van der Waals surface area contributed by atoms with Crippen LogP contribution in [0.25, 0.3) is 0 Å². The molecule has 0 radical (unpaired) electrons. The molecule has 1 atom stereocenters. The van der Waals surface area contributed by atoms with Crippen molar-refractivity contribution >= 4 is 11.9 Å². The number of rotatable bonds is 8. The van der Waals surface area contributed by atoms with E-state index < -0.39 is 0 Å². The second-order valence-electron chi connectivity index (χ2n) is 6.81. The summed E-state index contributed by atoms with van der Waals surface area (Å²) in [6.07, 6.45) is 7.98. The van der Waals surface area contributed by atoms with Gasteiger partial charge in [-0.15, -0.1) is 0 Å². The molecule has 3 amide bonds. The van der Waals surface area contributed by atoms with E-state index in [1.807, 2.05) is 4.90 Å². The summed E-state index contributed by atoms with van der Waals surface area (Å²) in [5.41, 5.74) is 0. The van der Waals surface area contributed by atoms with Crippen LogP contribution < -0.4 is 10.6 Å². The van der Waals surface area contributed by atoms with Gasteiger partial charge < -0.3 is 15.5 Å². The molecule has 1 saturated heterocycles. The lowest BCUT2D eigenvalue weighted by molar-refractivity contribution is -0.119. The second-order valence-corrected chi connectivity index (χ2v) is 6.81. The van der Waals surface area contributed by atoms with Gasteiger partial charge >= 0.3 is 6.03 Å². The predicted molar refractivity (Wildman–Crippen MR) is 89.7 cm³/mol. The van der Waals surface area contributed by atoms with E-state index in [-0.39, 0.29) is 18.0 Å². The monoisotopic (exact) mass is 311 g/mol. The first-order valence-corrected chi connectivity index (χ1v) is 8.79. The number of piperidine rings is 1. The van der Waals surface area contributed by atoms with Crippen LogP contribution in [0.3, 0.4) is 0 Å². The Kier molecular flexibility index (Phi) is 8.94. The van der Waals surface area contributed by atoms with Gasteiger partial charge in [-0.1, -0.05) is 39.5 Å². The Hall–Kier alpha value is -1.26. The van der Waals surface area contributed by atoms with Crippen LogP contribution in [0.4, 0.5) is 4.79 Å². The highest BCUT2D eigenvalue weighted by atomic mass is 16.2. The first kappa shape index (κ1) is 18.8. The van der Waals surface area contributed by atoms with Gasteiger partial charge in [0.25, 0.3) is 0 Å². The molecular formula is C17H33N3O2. The molecule has 0 aromatic carbocycles. The summed E-state index contributed by atoms with van der Waals surface area (Å²) in [6, 6.07) is 0.116. The number of carbonyl (C=O) groups excluding carboxylic acids is 2. The first-order chi connectivity index (χ1) is 10.5. The van der Waals surface area contributed by atoms with Gasteiger partial charge in [0.05, 0.1) is 0 Å². The van der Waals surface area contributed by atoms with E-state index in [9.17, 15) is 9.59 Å². The van der Waals surface area contributed by atoms with E-state index in [0.717, 1.165) is 38.3 Å². The van der Waals surface area contributed by atoms with Crippen molar-refractivity contribution in [2.75, 3.05) is 19.6 Å². The summed E-state index contributed by atoms with van der Waals surface area (Å²) in [6.45, 7) is 8.20. The van der Waals surface area contributed by atoms with Crippen molar-refractivity contribution in [2.45, 2.75) is 71.8 Å². The van der Waals surface area contributed by atoms with Crippen LogP contribution in [0.2, 0.25) is 0 Å². The minimum atomic E-state index is -0.0198. The Labute approximate surface area is 135 Å². The Morgan fingerprint density at radius 1 is 1.18 bits per heavy atom. The molecule has 0 bridgehead atoms. The zero-order valence-electron chi connectivity index (χ0n) is 14.5. The van der Waals surface area contributed by atoms with Crippen LogP contribution in [0.5, 0.6) is 0 Å². The molecule has 2 N–H and O–H groups in total. The SMILES string of the molecule is CC(=O)NC1CCCN(C(=O)NCCCCCCC(C)C)C1. The number of hydrogen-bond acceptors (Lipinski definition) is 2. The Bertz CT molecular complexity index is 345. The fraction of sp³-hybridized carbons (Fsp3) is 0.882. The van der Waals surface area contributed by atoms with Crippen LogP contribution in [0.1, 0.15) is 65.7 Å². The number of carbonyl (C=O) groups is 2. The zero-order valence-corrected chi connectivity index (χ0v) is 14.5. The minimum Gasteiger partial charge on any atom is -0.352 e. The maximum atomic E-state index is 12.1. The summed E-state index contributed by atoms with van der Waals surface area (Å²) >= 11 is 0. The van der Waals surface area contributed by atoms with Crippen molar-refractivity contribution in [3.63, 3.8) is 0 Å². The average Bonchev–Trinajstić information content (AvgIpc) is 2.45. The lowest BCUT2D eigenvalue weighted by Gasteiger charge is -2.33. The molecule has 0 aromatic rings. The highest BCUT2D eigenvalue weighted by Crippen LogP contribution is 2.11. The quantitative estimate of drug-likeness (QED) is 0.677. The third-order valence-corrected chi connectivity index (χ3v) is 4.10. The van der Waals surface area contributed by atoms with E-state index in [1.165, 1.54) is 32.6 Å². The molecule has 0 aliphatic carbocycles. The van der Waals surface area contributed by atoms with Crippen molar-refractivity contribution in [2.24, 2.45) is 5.92 Å². The van der Waals surface area contributed by atoms with Crippen LogP contribution in [-0.2, 0) is 4.79 Å². The molecule has 5 heteroatoms. The number of likely N-dealkylation sites (tertiary alicyclic amines) is 1. The maximum absolute atomic E-state index is 12.1. The predicted octanol–water partition coefficient (Wildman–Crippen LogP) is 2.90. The highest BCUT2D eigenvalue weighted by molar-refractivity contribution is 5.75. The number of amides is 3. The molecule has 5 nitrogen and oxygen atoms in total. The van der Waals surface area contributed by atoms with Crippen LogP contribution in [-0.4, -0.2) is 42.5 Å². The van der Waals surface area contributed by atoms with Crippen molar-refractivity contribution in [3.05, 3.63) is 0 Å². The van der Waals surface area contributed by atoms with E-state index in [4.69, 9.17) is 0 Å². The fourth-order valence-corrected chi connectivity index (χ4v) is 2.91. The van der Waals surface area contributed by atoms with Gasteiger partial charge in [-0.3, -0.25) is 4.79 Å². The van der Waals surface area contributed by atoms with Crippen molar-refractivity contribution < 1.29 is 9.59 Å². The summed E-state index contributed by atoms with van der Waals surface area (Å²) in [5.74, 6) is 0.768. The molecule has 1 aliphatic rings. The van der Waals surface area contributed by atoms with Crippen molar-refractivity contribution in [1.29, 1.82) is 0 Å². The molecule has 0 saturated carbocycles. The molecule has 1 rings (SSSR count). The molecule has 22 heavy (non-hydrogen) atoms. The Balaban J connectivity index is 2.10. The number of unbranched alkanes of at least 4 members (excludes halogenated alkanes) is 3. The molecule has 1 unspecified atom stereocenters. The zero-order chi connectivity index (χ0) is 16.4. The van der Waals surface area contributed by atoms with Gasteiger partial charge in [-0.25, -0.2) is 4.79 Å². The normalized spacial score (nSPS) is 18.4. The molecule has 0 aromatic heterocycles. The van der Waals surface area contributed by atoms with Gasteiger partial charge in [0.2, 0.25) is 5.91 Å². The largest absolute Gasteiger partial charge is 0.352 e. The number of nitrogens with zero attached hydrogens (tertiary/aromatic N) is 1. The van der Waals surface area contributed by atoms with Gasteiger partial charge in [-0.05, 0) is 25.2 Å². The Morgan fingerprint density at radius 2 is 1.91 bits per heavy atom. The molecule has 1 aliphatic heterocycles. The highest BCUT2D eigenvalue weighted by Gasteiger charge is 2.23. The first-order valence-electron chi connectivity index (χ1n) is 8.79. The molecule has 128 valence electrons. The lowest BCUT2D eigenvalue weighted by Crippen LogP contribution is -2.52. The maximum Gasteiger partial charge on any atom is 0.317 e. The summed E-state index contributed by atoms with van der Waals surface area (Å²) < 4.78 is 0. The fourth-order valence-electron chi connectivity index (χ4n) is 2.91. The summed E-state index contributed by atoms with van der Waals surface area (Å²) in [4.78, 5) is 25.0. The average molecular weight is 311 g/mol. The molecule has 1 fully saturated rings. The summed E-state index contributed by atoms with van der Waals surface area (Å²) in [7, 11) is 0.